The molecule has 2 aromatic heterocycles. The summed E-state index contributed by atoms with van der Waals surface area (Å²) in [6, 6.07) is 10.4. The van der Waals surface area contributed by atoms with Gasteiger partial charge in [-0.3, -0.25) is 0 Å². The Kier molecular flexibility index (Phi) is 4.05. The number of hydrogen-bond acceptors (Lipinski definition) is 5. The average molecular weight is 336 g/mol. The molecule has 1 fully saturated rings. The molecule has 0 bridgehead atoms. The van der Waals surface area contributed by atoms with Crippen LogP contribution >= 0.6 is 0 Å². The van der Waals surface area contributed by atoms with Crippen LogP contribution in [0, 0.1) is 6.92 Å². The van der Waals surface area contributed by atoms with Crippen molar-refractivity contribution in [2.45, 2.75) is 44.6 Å². The van der Waals surface area contributed by atoms with Crippen molar-refractivity contribution in [3.63, 3.8) is 0 Å². The molecule has 0 amide bonds. The van der Waals surface area contributed by atoms with E-state index in [0.717, 1.165) is 48.4 Å². The number of aromatic nitrogens is 3. The minimum Gasteiger partial charge on any atom is -0.382 e. The van der Waals surface area contributed by atoms with Crippen LogP contribution in [0.2, 0.25) is 0 Å². The molecule has 6 nitrogen and oxygen atoms in total. The van der Waals surface area contributed by atoms with Gasteiger partial charge in [0.1, 0.15) is 5.82 Å². The molecule has 6 heteroatoms. The van der Waals surface area contributed by atoms with Crippen molar-refractivity contribution in [1.29, 1.82) is 0 Å². The topological polar surface area (TPSA) is 94.3 Å². The molecule has 0 atom stereocenters. The van der Waals surface area contributed by atoms with Gasteiger partial charge in [-0.2, -0.15) is 0 Å². The molecule has 25 heavy (non-hydrogen) atoms. The standard InChI is InChI=1S/C19H24N6/c1-12-2-8-15(9-3-12)22-16-10-18(21)24-25-11-17(23-19(16)25)13-4-6-14(20)7-5-13/h2-3,8-11,13-14,22H,4-7,20H2,1H3,(H2,21,24)/t13-,14-. The Bertz CT molecular complexity index is 875. The summed E-state index contributed by atoms with van der Waals surface area (Å²) >= 11 is 0. The summed E-state index contributed by atoms with van der Waals surface area (Å²) in [5, 5.41) is 7.80. The summed E-state index contributed by atoms with van der Waals surface area (Å²) in [5.74, 6) is 0.923. The van der Waals surface area contributed by atoms with Gasteiger partial charge in [-0.15, -0.1) is 5.10 Å². The van der Waals surface area contributed by atoms with Crippen molar-refractivity contribution >= 4 is 22.8 Å². The Morgan fingerprint density at radius 1 is 1.12 bits per heavy atom. The van der Waals surface area contributed by atoms with Crippen LogP contribution < -0.4 is 16.8 Å². The Hall–Kier alpha value is -2.60. The first-order valence-corrected chi connectivity index (χ1v) is 8.83. The molecule has 1 aromatic carbocycles. The fraction of sp³-hybridized carbons (Fsp3) is 0.368. The third kappa shape index (κ3) is 3.30. The molecule has 0 saturated heterocycles. The number of benzene rings is 1. The SMILES string of the molecule is Cc1ccc(Nc2cc(N)nn3cc([C@H]4CC[C@H](N)CC4)nc23)cc1. The number of aryl methyl sites for hydroxylation is 1. The number of nitrogens with zero attached hydrogens (tertiary/aromatic N) is 3. The van der Waals surface area contributed by atoms with Gasteiger partial charge in [0.25, 0.3) is 0 Å². The number of hydrogen-bond donors (Lipinski definition) is 3. The van der Waals surface area contributed by atoms with Crippen LogP contribution in [0.3, 0.4) is 0 Å². The van der Waals surface area contributed by atoms with Crippen LogP contribution in [-0.4, -0.2) is 20.6 Å². The molecule has 3 aromatic rings. The van der Waals surface area contributed by atoms with Crippen molar-refractivity contribution in [3.8, 4) is 0 Å². The lowest BCUT2D eigenvalue weighted by Gasteiger charge is -2.24. The molecular formula is C19H24N6. The molecule has 1 saturated carbocycles. The Morgan fingerprint density at radius 3 is 2.56 bits per heavy atom. The number of imidazole rings is 1. The number of rotatable bonds is 3. The van der Waals surface area contributed by atoms with Gasteiger partial charge in [-0.05, 0) is 44.7 Å². The van der Waals surface area contributed by atoms with E-state index < -0.39 is 0 Å². The number of nitrogens with two attached hydrogens (primary N) is 2. The Balaban J connectivity index is 1.68. The highest BCUT2D eigenvalue weighted by atomic mass is 15.3. The normalized spacial score (nSPS) is 20.7. The molecule has 0 radical (unpaired) electrons. The van der Waals surface area contributed by atoms with E-state index >= 15 is 0 Å². The summed E-state index contributed by atoms with van der Waals surface area (Å²) in [6.45, 7) is 2.07. The Morgan fingerprint density at radius 2 is 1.84 bits per heavy atom. The van der Waals surface area contributed by atoms with Crippen molar-refractivity contribution in [3.05, 3.63) is 47.8 Å². The maximum Gasteiger partial charge on any atom is 0.177 e. The maximum atomic E-state index is 6.03. The summed E-state index contributed by atoms with van der Waals surface area (Å²) < 4.78 is 1.79. The molecule has 130 valence electrons. The minimum absolute atomic E-state index is 0.334. The second-order valence-electron chi connectivity index (χ2n) is 7.02. The lowest BCUT2D eigenvalue weighted by Crippen LogP contribution is -2.25. The molecule has 0 aliphatic heterocycles. The number of fused-ring (bicyclic) bond motifs is 1. The fourth-order valence-electron chi connectivity index (χ4n) is 3.51. The molecule has 1 aliphatic carbocycles. The first-order valence-electron chi connectivity index (χ1n) is 8.83. The van der Waals surface area contributed by atoms with E-state index in [0.29, 0.717) is 17.8 Å². The maximum absolute atomic E-state index is 6.03. The molecule has 0 unspecified atom stereocenters. The number of nitrogen functional groups attached to an aromatic ring is 1. The van der Waals surface area contributed by atoms with Crippen LogP contribution in [-0.2, 0) is 0 Å². The molecule has 2 heterocycles. The van der Waals surface area contributed by atoms with Gasteiger partial charge >= 0.3 is 0 Å². The van der Waals surface area contributed by atoms with E-state index in [4.69, 9.17) is 16.5 Å². The van der Waals surface area contributed by atoms with E-state index in [2.05, 4.69) is 41.6 Å². The van der Waals surface area contributed by atoms with Gasteiger partial charge in [0.05, 0.1) is 17.6 Å². The predicted octanol–water partition coefficient (Wildman–Crippen LogP) is 3.35. The van der Waals surface area contributed by atoms with Gasteiger partial charge in [-0.1, -0.05) is 17.7 Å². The quantitative estimate of drug-likeness (QED) is 0.682. The lowest BCUT2D eigenvalue weighted by atomic mass is 9.85. The lowest BCUT2D eigenvalue weighted by molar-refractivity contribution is 0.391. The zero-order valence-corrected chi connectivity index (χ0v) is 14.4. The first kappa shape index (κ1) is 15.9. The zero-order valence-electron chi connectivity index (χ0n) is 14.4. The highest BCUT2D eigenvalue weighted by molar-refractivity contribution is 5.75. The van der Waals surface area contributed by atoms with E-state index in [1.54, 1.807) is 4.52 Å². The van der Waals surface area contributed by atoms with Crippen LogP contribution in [0.5, 0.6) is 0 Å². The third-order valence-electron chi connectivity index (χ3n) is 4.98. The first-order chi connectivity index (χ1) is 12.1. The smallest absolute Gasteiger partial charge is 0.177 e. The zero-order chi connectivity index (χ0) is 17.4. The largest absolute Gasteiger partial charge is 0.382 e. The highest BCUT2D eigenvalue weighted by Gasteiger charge is 2.23. The van der Waals surface area contributed by atoms with E-state index in [1.807, 2.05) is 12.3 Å². The molecular weight excluding hydrogens is 312 g/mol. The van der Waals surface area contributed by atoms with E-state index in [1.165, 1.54) is 5.56 Å². The van der Waals surface area contributed by atoms with Gasteiger partial charge in [-0.25, -0.2) is 9.50 Å². The molecule has 5 N–H and O–H groups in total. The predicted molar refractivity (Wildman–Crippen MR) is 101 cm³/mol. The summed E-state index contributed by atoms with van der Waals surface area (Å²) in [6.07, 6.45) is 6.29. The number of nitrogens with one attached hydrogen (secondary N) is 1. The van der Waals surface area contributed by atoms with E-state index in [-0.39, 0.29) is 0 Å². The second-order valence-corrected chi connectivity index (χ2v) is 7.02. The summed E-state index contributed by atoms with van der Waals surface area (Å²) in [4.78, 5) is 4.86. The van der Waals surface area contributed by atoms with Crippen molar-refractivity contribution in [2.24, 2.45) is 5.73 Å². The monoisotopic (exact) mass is 336 g/mol. The average Bonchev–Trinajstić information content (AvgIpc) is 3.01. The minimum atomic E-state index is 0.334. The fourth-order valence-corrected chi connectivity index (χ4v) is 3.51. The second kappa shape index (κ2) is 6.37. The Labute approximate surface area is 147 Å². The van der Waals surface area contributed by atoms with Gasteiger partial charge in [0, 0.05) is 23.7 Å². The van der Waals surface area contributed by atoms with Crippen molar-refractivity contribution in [1.82, 2.24) is 14.6 Å². The molecule has 1 aliphatic rings. The highest BCUT2D eigenvalue weighted by Crippen LogP contribution is 2.33. The van der Waals surface area contributed by atoms with Gasteiger partial charge in [0.2, 0.25) is 0 Å². The van der Waals surface area contributed by atoms with Crippen LogP contribution in [0.25, 0.3) is 5.65 Å². The molecule has 4 rings (SSSR count). The van der Waals surface area contributed by atoms with Crippen LogP contribution in [0.4, 0.5) is 17.2 Å². The third-order valence-corrected chi connectivity index (χ3v) is 4.98. The van der Waals surface area contributed by atoms with Crippen LogP contribution in [0.1, 0.15) is 42.9 Å². The number of anilines is 3. The van der Waals surface area contributed by atoms with E-state index in [9.17, 15) is 0 Å². The van der Waals surface area contributed by atoms with Crippen LogP contribution in [0.15, 0.2) is 36.5 Å². The summed E-state index contributed by atoms with van der Waals surface area (Å²) in [5.41, 5.74) is 17.0. The van der Waals surface area contributed by atoms with Gasteiger partial charge < -0.3 is 16.8 Å². The summed E-state index contributed by atoms with van der Waals surface area (Å²) in [7, 11) is 0. The van der Waals surface area contributed by atoms with Crippen molar-refractivity contribution in [2.75, 3.05) is 11.1 Å². The van der Waals surface area contributed by atoms with Gasteiger partial charge in [0.15, 0.2) is 5.65 Å². The molecule has 0 spiro atoms. The van der Waals surface area contributed by atoms with Crippen molar-refractivity contribution < 1.29 is 0 Å².